The zero-order chi connectivity index (χ0) is 18.1. The second-order valence-corrected chi connectivity index (χ2v) is 8.44. The molecule has 0 bridgehead atoms. The highest BCUT2D eigenvalue weighted by atomic mass is 32.2. The summed E-state index contributed by atoms with van der Waals surface area (Å²) in [6, 6.07) is 9.90. The molecule has 1 aliphatic rings. The predicted octanol–water partition coefficient (Wildman–Crippen LogP) is 1.25. The summed E-state index contributed by atoms with van der Waals surface area (Å²) in [6.45, 7) is 0.976. The van der Waals surface area contributed by atoms with E-state index in [0.29, 0.717) is 19.5 Å². The zero-order valence-electron chi connectivity index (χ0n) is 14.4. The van der Waals surface area contributed by atoms with Gasteiger partial charge in [0, 0.05) is 38.4 Å². The van der Waals surface area contributed by atoms with Crippen molar-refractivity contribution in [2.45, 2.75) is 17.9 Å². The van der Waals surface area contributed by atoms with Crippen molar-refractivity contribution < 1.29 is 8.42 Å². The van der Waals surface area contributed by atoms with Crippen molar-refractivity contribution in [1.82, 2.24) is 28.6 Å². The van der Waals surface area contributed by atoms with E-state index in [1.165, 1.54) is 16.8 Å². The Bertz CT molecular complexity index is 995. The number of aromatic nitrogens is 5. The molecule has 3 heterocycles. The molecule has 0 spiro atoms. The van der Waals surface area contributed by atoms with Crippen molar-refractivity contribution in [1.29, 1.82) is 0 Å². The van der Waals surface area contributed by atoms with Crippen LogP contribution in [-0.4, -0.2) is 50.1 Å². The lowest BCUT2D eigenvalue weighted by molar-refractivity contribution is 0.450. The average molecular weight is 372 g/mol. The van der Waals surface area contributed by atoms with Gasteiger partial charge in [-0.05, 0) is 24.5 Å². The second kappa shape index (κ2) is 6.65. The maximum absolute atomic E-state index is 12.7. The SMILES string of the molecule is Cn1cnc(S(=O)(=O)N2CCC(Cc3nncn3-c3ccccc3)C2)c1. The smallest absolute Gasteiger partial charge is 0.262 e. The van der Waals surface area contributed by atoms with Crippen LogP contribution in [-0.2, 0) is 23.5 Å². The summed E-state index contributed by atoms with van der Waals surface area (Å²) in [7, 11) is -1.77. The fourth-order valence-corrected chi connectivity index (χ4v) is 4.79. The van der Waals surface area contributed by atoms with Crippen LogP contribution in [0.3, 0.4) is 0 Å². The van der Waals surface area contributed by atoms with Crippen LogP contribution in [0.4, 0.5) is 0 Å². The minimum atomic E-state index is -3.53. The van der Waals surface area contributed by atoms with Gasteiger partial charge in [0.2, 0.25) is 0 Å². The number of para-hydroxylation sites is 1. The summed E-state index contributed by atoms with van der Waals surface area (Å²) in [5.41, 5.74) is 1.00. The highest BCUT2D eigenvalue weighted by Crippen LogP contribution is 2.26. The number of sulfonamides is 1. The number of benzene rings is 1. The van der Waals surface area contributed by atoms with Crippen molar-refractivity contribution >= 4 is 10.0 Å². The summed E-state index contributed by atoms with van der Waals surface area (Å²) in [5, 5.41) is 8.37. The molecule has 9 heteroatoms. The molecule has 0 N–H and O–H groups in total. The first-order chi connectivity index (χ1) is 12.5. The monoisotopic (exact) mass is 372 g/mol. The van der Waals surface area contributed by atoms with Crippen LogP contribution in [0.25, 0.3) is 5.69 Å². The largest absolute Gasteiger partial charge is 0.339 e. The fourth-order valence-electron chi connectivity index (χ4n) is 3.30. The Hall–Kier alpha value is -2.52. The molecule has 1 aliphatic heterocycles. The normalized spacial score (nSPS) is 18.4. The quantitative estimate of drug-likeness (QED) is 0.673. The topological polar surface area (TPSA) is 85.9 Å². The number of nitrogens with zero attached hydrogens (tertiary/aromatic N) is 6. The number of hydrogen-bond acceptors (Lipinski definition) is 5. The van der Waals surface area contributed by atoms with E-state index in [1.54, 1.807) is 17.9 Å². The second-order valence-electron chi connectivity index (χ2n) is 6.55. The summed E-state index contributed by atoms with van der Waals surface area (Å²) in [5.74, 6) is 1.05. The van der Waals surface area contributed by atoms with Crippen LogP contribution in [0, 0.1) is 5.92 Å². The number of hydrogen-bond donors (Lipinski definition) is 0. The molecule has 136 valence electrons. The van der Waals surface area contributed by atoms with Crippen molar-refractivity contribution in [3.63, 3.8) is 0 Å². The molecule has 0 saturated carbocycles. The minimum absolute atomic E-state index is 0.105. The van der Waals surface area contributed by atoms with Gasteiger partial charge in [0.05, 0.1) is 6.33 Å². The maximum Gasteiger partial charge on any atom is 0.262 e. The molecule has 1 unspecified atom stereocenters. The van der Waals surface area contributed by atoms with Crippen LogP contribution in [0.15, 0.2) is 54.2 Å². The number of aryl methyl sites for hydroxylation is 1. The highest BCUT2D eigenvalue weighted by Gasteiger charge is 2.34. The van der Waals surface area contributed by atoms with E-state index < -0.39 is 10.0 Å². The van der Waals surface area contributed by atoms with Gasteiger partial charge >= 0.3 is 0 Å². The van der Waals surface area contributed by atoms with E-state index in [9.17, 15) is 8.42 Å². The van der Waals surface area contributed by atoms with E-state index in [1.807, 2.05) is 34.9 Å². The molecule has 1 fully saturated rings. The molecule has 1 atom stereocenters. The predicted molar refractivity (Wildman–Crippen MR) is 95.1 cm³/mol. The van der Waals surface area contributed by atoms with Crippen LogP contribution < -0.4 is 0 Å². The molecule has 26 heavy (non-hydrogen) atoms. The summed E-state index contributed by atoms with van der Waals surface area (Å²) >= 11 is 0. The van der Waals surface area contributed by atoms with E-state index in [2.05, 4.69) is 15.2 Å². The number of imidazole rings is 1. The highest BCUT2D eigenvalue weighted by molar-refractivity contribution is 7.89. The lowest BCUT2D eigenvalue weighted by Crippen LogP contribution is -2.29. The van der Waals surface area contributed by atoms with Gasteiger partial charge in [0.15, 0.2) is 5.03 Å². The van der Waals surface area contributed by atoms with E-state index in [-0.39, 0.29) is 10.9 Å². The molecule has 1 aromatic carbocycles. The molecule has 4 rings (SSSR count). The lowest BCUT2D eigenvalue weighted by atomic mass is 10.0. The van der Waals surface area contributed by atoms with Gasteiger partial charge in [-0.25, -0.2) is 13.4 Å². The first-order valence-corrected chi connectivity index (χ1v) is 9.90. The Labute approximate surface area is 152 Å². The maximum atomic E-state index is 12.7. The Morgan fingerprint density at radius 2 is 2.00 bits per heavy atom. The van der Waals surface area contributed by atoms with Gasteiger partial charge in [-0.3, -0.25) is 4.57 Å². The third-order valence-electron chi connectivity index (χ3n) is 4.66. The minimum Gasteiger partial charge on any atom is -0.339 e. The van der Waals surface area contributed by atoms with Gasteiger partial charge in [-0.15, -0.1) is 10.2 Å². The molecule has 2 aromatic heterocycles. The van der Waals surface area contributed by atoms with Gasteiger partial charge in [0.1, 0.15) is 12.2 Å². The standard InChI is InChI=1S/C17H20N6O2S/c1-21-11-17(18-12-21)26(24,25)22-8-7-14(10-22)9-16-20-19-13-23(16)15-5-3-2-4-6-15/h2-6,11-14H,7-10H2,1H3. The van der Waals surface area contributed by atoms with Crippen molar-refractivity contribution in [2.75, 3.05) is 13.1 Å². The van der Waals surface area contributed by atoms with Gasteiger partial charge < -0.3 is 4.57 Å². The van der Waals surface area contributed by atoms with Crippen molar-refractivity contribution in [2.24, 2.45) is 13.0 Å². The first-order valence-electron chi connectivity index (χ1n) is 8.46. The van der Waals surface area contributed by atoms with Crippen LogP contribution in [0.5, 0.6) is 0 Å². The first kappa shape index (κ1) is 16.9. The van der Waals surface area contributed by atoms with Crippen molar-refractivity contribution in [3.8, 4) is 5.69 Å². The van der Waals surface area contributed by atoms with E-state index >= 15 is 0 Å². The van der Waals surface area contributed by atoms with Crippen LogP contribution >= 0.6 is 0 Å². The van der Waals surface area contributed by atoms with E-state index in [4.69, 9.17) is 0 Å². The summed E-state index contributed by atoms with van der Waals surface area (Å²) < 4.78 is 30.5. The Kier molecular flexibility index (Phi) is 4.33. The molecule has 0 amide bonds. The lowest BCUT2D eigenvalue weighted by Gasteiger charge is -2.15. The molecular weight excluding hydrogens is 352 g/mol. The molecule has 3 aromatic rings. The Morgan fingerprint density at radius 3 is 2.73 bits per heavy atom. The van der Waals surface area contributed by atoms with Gasteiger partial charge in [-0.1, -0.05) is 18.2 Å². The summed E-state index contributed by atoms with van der Waals surface area (Å²) in [6.07, 6.45) is 6.22. The van der Waals surface area contributed by atoms with Gasteiger partial charge in [-0.2, -0.15) is 4.31 Å². The molecular formula is C17H20N6O2S. The van der Waals surface area contributed by atoms with Crippen molar-refractivity contribution in [3.05, 3.63) is 55.0 Å². The fraction of sp³-hybridized carbons (Fsp3) is 0.353. The summed E-state index contributed by atoms with van der Waals surface area (Å²) in [4.78, 5) is 3.99. The van der Waals surface area contributed by atoms with Crippen LogP contribution in [0.1, 0.15) is 12.2 Å². The average Bonchev–Trinajstić information content (AvgIpc) is 3.37. The van der Waals surface area contributed by atoms with Crippen LogP contribution in [0.2, 0.25) is 0 Å². The van der Waals surface area contributed by atoms with Gasteiger partial charge in [0.25, 0.3) is 10.0 Å². The third-order valence-corrected chi connectivity index (χ3v) is 6.41. The molecule has 1 saturated heterocycles. The molecule has 0 aliphatic carbocycles. The molecule has 8 nitrogen and oxygen atoms in total. The third kappa shape index (κ3) is 3.15. The Balaban J connectivity index is 1.48. The van der Waals surface area contributed by atoms with E-state index in [0.717, 1.165) is 17.9 Å². The number of rotatable bonds is 5. The Morgan fingerprint density at radius 1 is 1.19 bits per heavy atom. The molecule has 0 radical (unpaired) electrons. The zero-order valence-corrected chi connectivity index (χ0v) is 15.2.